The fourth-order valence-electron chi connectivity index (χ4n) is 2.19. The Kier molecular flexibility index (Phi) is 4.03. The molecule has 5 heteroatoms. The van der Waals surface area contributed by atoms with Crippen LogP contribution in [0.25, 0.3) is 11.1 Å². The molecule has 1 aromatic carbocycles. The van der Waals surface area contributed by atoms with Crippen LogP contribution in [-0.4, -0.2) is 11.0 Å². The molecule has 0 fully saturated rings. The van der Waals surface area contributed by atoms with Gasteiger partial charge in [0.25, 0.3) is 5.22 Å². The number of para-hydroxylation sites is 2. The van der Waals surface area contributed by atoms with Crippen LogP contribution in [0.1, 0.15) is 30.1 Å². The van der Waals surface area contributed by atoms with Crippen LogP contribution in [0.15, 0.2) is 50.5 Å². The highest BCUT2D eigenvalue weighted by Gasteiger charge is 2.25. The van der Waals surface area contributed by atoms with E-state index >= 15 is 0 Å². The lowest BCUT2D eigenvalue weighted by Crippen LogP contribution is -2.25. The molecule has 0 saturated heterocycles. The Hall–Kier alpha value is -1.72. The number of aryl methyl sites for hydroxylation is 1. The van der Waals surface area contributed by atoms with Crippen molar-refractivity contribution in [3.8, 4) is 0 Å². The lowest BCUT2D eigenvalue weighted by Gasteiger charge is -2.18. The number of hydrogen-bond acceptors (Lipinski definition) is 5. The van der Waals surface area contributed by atoms with Gasteiger partial charge in [-0.25, -0.2) is 4.98 Å². The average Bonchev–Trinajstić information content (AvgIpc) is 3.09. The molecule has 0 aliphatic carbocycles. The molecule has 0 aliphatic heterocycles. The Morgan fingerprint density at radius 2 is 2.00 bits per heavy atom. The molecule has 0 saturated carbocycles. The van der Waals surface area contributed by atoms with Gasteiger partial charge in [-0.1, -0.05) is 30.8 Å². The van der Waals surface area contributed by atoms with E-state index in [9.17, 15) is 0 Å². The molecule has 110 valence electrons. The van der Waals surface area contributed by atoms with Gasteiger partial charge in [0.2, 0.25) is 0 Å². The van der Waals surface area contributed by atoms with Gasteiger partial charge in [-0.15, -0.1) is 0 Å². The second-order valence-corrected chi connectivity index (χ2v) is 6.10. The van der Waals surface area contributed by atoms with E-state index in [4.69, 9.17) is 14.6 Å². The first-order valence-electron chi connectivity index (χ1n) is 7.01. The van der Waals surface area contributed by atoms with Crippen LogP contribution in [0.5, 0.6) is 0 Å². The highest BCUT2D eigenvalue weighted by molar-refractivity contribution is 7.99. The van der Waals surface area contributed by atoms with Crippen molar-refractivity contribution in [2.75, 3.05) is 0 Å². The van der Waals surface area contributed by atoms with Crippen molar-refractivity contribution >= 4 is 22.9 Å². The first kappa shape index (κ1) is 14.2. The number of thioether (sulfide) groups is 1. The first-order chi connectivity index (χ1) is 10.2. The number of oxazole rings is 1. The second kappa shape index (κ2) is 5.95. The Labute approximate surface area is 127 Å². The summed E-state index contributed by atoms with van der Waals surface area (Å²) in [6.07, 6.45) is 0.859. The van der Waals surface area contributed by atoms with E-state index in [0.717, 1.165) is 29.0 Å². The molecule has 21 heavy (non-hydrogen) atoms. The minimum atomic E-state index is -0.0180. The fraction of sp³-hybridized carbons (Fsp3) is 0.312. The van der Waals surface area contributed by atoms with Crippen molar-refractivity contribution in [3.05, 3.63) is 47.9 Å². The molecule has 3 rings (SSSR count). The Bertz CT molecular complexity index is 702. The minimum absolute atomic E-state index is 0.00300. The summed E-state index contributed by atoms with van der Waals surface area (Å²) < 4.78 is 11.5. The van der Waals surface area contributed by atoms with Crippen molar-refractivity contribution in [3.63, 3.8) is 0 Å². The number of nitrogens with zero attached hydrogens (tertiary/aromatic N) is 1. The predicted molar refractivity (Wildman–Crippen MR) is 84.3 cm³/mol. The minimum Gasteiger partial charge on any atom is -0.465 e. The van der Waals surface area contributed by atoms with Gasteiger partial charge in [-0.2, -0.15) is 0 Å². The summed E-state index contributed by atoms with van der Waals surface area (Å²) in [4.78, 5) is 4.50. The van der Waals surface area contributed by atoms with Crippen LogP contribution in [0.4, 0.5) is 0 Å². The normalized spacial score (nSPS) is 14.4. The summed E-state index contributed by atoms with van der Waals surface area (Å²) in [7, 11) is 0. The summed E-state index contributed by atoms with van der Waals surface area (Å²) in [6.45, 7) is 4.00. The topological polar surface area (TPSA) is 65.2 Å². The molecule has 0 bridgehead atoms. The third kappa shape index (κ3) is 2.99. The zero-order valence-electron chi connectivity index (χ0n) is 12.1. The highest BCUT2D eigenvalue weighted by Crippen LogP contribution is 2.39. The third-order valence-corrected chi connectivity index (χ3v) is 4.62. The summed E-state index contributed by atoms with van der Waals surface area (Å²) >= 11 is 1.52. The van der Waals surface area contributed by atoms with E-state index in [1.165, 1.54) is 11.8 Å². The first-order valence-corrected chi connectivity index (χ1v) is 7.89. The maximum Gasteiger partial charge on any atom is 0.257 e. The van der Waals surface area contributed by atoms with E-state index in [0.29, 0.717) is 5.22 Å². The number of nitrogens with two attached hydrogens (primary N) is 1. The largest absolute Gasteiger partial charge is 0.465 e. The van der Waals surface area contributed by atoms with Gasteiger partial charge in [0.1, 0.15) is 17.0 Å². The lowest BCUT2D eigenvalue weighted by molar-refractivity contribution is 0.447. The summed E-state index contributed by atoms with van der Waals surface area (Å²) in [5, 5.41) is 0.621. The Morgan fingerprint density at radius 3 is 2.67 bits per heavy atom. The van der Waals surface area contributed by atoms with Crippen LogP contribution < -0.4 is 5.73 Å². The summed E-state index contributed by atoms with van der Waals surface area (Å²) in [6, 6.07) is 11.7. The molecule has 2 heterocycles. The third-order valence-electron chi connectivity index (χ3n) is 3.40. The van der Waals surface area contributed by atoms with Gasteiger partial charge < -0.3 is 14.6 Å². The van der Waals surface area contributed by atoms with Gasteiger partial charge in [-0.05, 0) is 37.6 Å². The number of aromatic nitrogens is 1. The number of fused-ring (bicyclic) bond motifs is 1. The zero-order chi connectivity index (χ0) is 14.8. The van der Waals surface area contributed by atoms with Crippen LogP contribution in [0.3, 0.4) is 0 Å². The lowest BCUT2D eigenvalue weighted by atomic mass is 10.1. The Morgan fingerprint density at radius 1 is 1.19 bits per heavy atom. The van der Waals surface area contributed by atoms with E-state index < -0.39 is 0 Å². The van der Waals surface area contributed by atoms with Gasteiger partial charge in [-0.3, -0.25) is 0 Å². The van der Waals surface area contributed by atoms with Crippen molar-refractivity contribution in [1.29, 1.82) is 0 Å². The molecule has 2 unspecified atom stereocenters. The molecule has 0 aliphatic rings. The summed E-state index contributed by atoms with van der Waals surface area (Å²) in [5.74, 6) is 1.76. The quantitative estimate of drug-likeness (QED) is 0.712. The number of furan rings is 1. The molecular formula is C16H18N2O2S. The summed E-state index contributed by atoms with van der Waals surface area (Å²) in [5.41, 5.74) is 7.90. The average molecular weight is 302 g/mol. The molecule has 0 amide bonds. The van der Waals surface area contributed by atoms with E-state index in [1.807, 2.05) is 43.3 Å². The van der Waals surface area contributed by atoms with Gasteiger partial charge in [0, 0.05) is 6.04 Å². The monoisotopic (exact) mass is 302 g/mol. The molecule has 0 spiro atoms. The number of rotatable bonds is 5. The van der Waals surface area contributed by atoms with E-state index in [-0.39, 0.29) is 11.3 Å². The van der Waals surface area contributed by atoms with Crippen molar-refractivity contribution in [2.45, 2.75) is 36.8 Å². The highest BCUT2D eigenvalue weighted by atomic mass is 32.2. The van der Waals surface area contributed by atoms with Crippen LogP contribution in [-0.2, 0) is 0 Å². The molecule has 0 radical (unpaired) electrons. The fourth-order valence-corrected chi connectivity index (χ4v) is 3.30. The maximum atomic E-state index is 6.25. The smallest absolute Gasteiger partial charge is 0.257 e. The van der Waals surface area contributed by atoms with Crippen molar-refractivity contribution in [1.82, 2.24) is 4.98 Å². The molecule has 2 aromatic heterocycles. The van der Waals surface area contributed by atoms with E-state index in [2.05, 4.69) is 11.9 Å². The molecule has 2 N–H and O–H groups in total. The Balaban J connectivity index is 1.90. The van der Waals surface area contributed by atoms with Crippen molar-refractivity contribution in [2.24, 2.45) is 5.73 Å². The van der Waals surface area contributed by atoms with Crippen LogP contribution >= 0.6 is 11.8 Å². The number of benzene rings is 1. The van der Waals surface area contributed by atoms with Gasteiger partial charge in [0.05, 0.1) is 5.25 Å². The SMILES string of the molecule is CCC(N)C(Sc1nc2ccccc2o1)c1ccc(C)o1. The van der Waals surface area contributed by atoms with Crippen LogP contribution in [0.2, 0.25) is 0 Å². The van der Waals surface area contributed by atoms with Crippen molar-refractivity contribution < 1.29 is 8.83 Å². The maximum absolute atomic E-state index is 6.25. The molecular weight excluding hydrogens is 284 g/mol. The molecule has 4 nitrogen and oxygen atoms in total. The van der Waals surface area contributed by atoms with Gasteiger partial charge >= 0.3 is 0 Å². The van der Waals surface area contributed by atoms with E-state index in [1.54, 1.807) is 0 Å². The predicted octanol–water partition coefficient (Wildman–Crippen LogP) is 4.30. The molecule has 3 aromatic rings. The van der Waals surface area contributed by atoms with Gasteiger partial charge in [0.15, 0.2) is 5.58 Å². The zero-order valence-corrected chi connectivity index (χ0v) is 12.9. The van der Waals surface area contributed by atoms with Crippen LogP contribution in [0, 0.1) is 6.92 Å². The number of hydrogen-bond donors (Lipinski definition) is 1. The molecule has 2 atom stereocenters. The standard InChI is InChI=1S/C16H18N2O2S/c1-3-11(17)15(14-9-8-10(2)19-14)21-16-18-12-6-4-5-7-13(12)20-16/h4-9,11,15H,3,17H2,1-2H3. The second-order valence-electron chi connectivity index (χ2n) is 5.01.